The van der Waals surface area contributed by atoms with E-state index in [2.05, 4.69) is 18.7 Å². The maximum atomic E-state index is 13.1. The zero-order valence-electron chi connectivity index (χ0n) is 11.6. The van der Waals surface area contributed by atoms with Crippen LogP contribution in [-0.4, -0.2) is 13.1 Å². The summed E-state index contributed by atoms with van der Waals surface area (Å²) in [6.45, 7) is 6.17. The molecule has 2 rings (SSSR count). The first kappa shape index (κ1) is 14.1. The minimum Gasteiger partial charge on any atom is -0.399 e. The van der Waals surface area contributed by atoms with E-state index in [9.17, 15) is 8.78 Å². The normalized spacial score (nSPS) is 17.5. The number of alkyl halides is 2. The molecule has 1 aliphatic rings. The van der Waals surface area contributed by atoms with Crippen LogP contribution in [0.3, 0.4) is 0 Å². The van der Waals surface area contributed by atoms with Gasteiger partial charge in [-0.15, -0.1) is 0 Å². The molecule has 4 heteroatoms. The Morgan fingerprint density at radius 3 is 2.37 bits per heavy atom. The number of hydrogen-bond acceptors (Lipinski definition) is 2. The van der Waals surface area contributed by atoms with Crippen molar-refractivity contribution in [3.8, 4) is 0 Å². The molecule has 0 atom stereocenters. The number of nitrogens with two attached hydrogens (primary N) is 1. The highest BCUT2D eigenvalue weighted by Crippen LogP contribution is 2.34. The number of nitrogens with zero attached hydrogens (tertiary/aromatic N) is 1. The van der Waals surface area contributed by atoms with Gasteiger partial charge in [0.15, 0.2) is 0 Å². The molecule has 1 aliphatic heterocycles. The van der Waals surface area contributed by atoms with Gasteiger partial charge >= 0.3 is 0 Å². The number of anilines is 2. The highest BCUT2D eigenvalue weighted by atomic mass is 19.3. The average molecular weight is 268 g/mol. The van der Waals surface area contributed by atoms with E-state index in [1.165, 1.54) is 6.07 Å². The van der Waals surface area contributed by atoms with Gasteiger partial charge in [-0.3, -0.25) is 0 Å². The summed E-state index contributed by atoms with van der Waals surface area (Å²) in [5.74, 6) is 1.38. The van der Waals surface area contributed by atoms with E-state index in [0.717, 1.165) is 25.9 Å². The van der Waals surface area contributed by atoms with E-state index in [-0.39, 0.29) is 5.56 Å². The number of rotatable bonds is 3. The van der Waals surface area contributed by atoms with Crippen LogP contribution < -0.4 is 10.6 Å². The molecule has 0 aliphatic carbocycles. The maximum absolute atomic E-state index is 13.1. The number of halogens is 2. The van der Waals surface area contributed by atoms with Crippen LogP contribution in [0.5, 0.6) is 0 Å². The summed E-state index contributed by atoms with van der Waals surface area (Å²) in [4.78, 5) is 2.07. The van der Waals surface area contributed by atoms with Crippen molar-refractivity contribution in [2.24, 2.45) is 11.8 Å². The van der Waals surface area contributed by atoms with Crippen LogP contribution >= 0.6 is 0 Å². The molecule has 1 saturated heterocycles. The van der Waals surface area contributed by atoms with Gasteiger partial charge in [0.1, 0.15) is 0 Å². The quantitative estimate of drug-likeness (QED) is 0.837. The lowest BCUT2D eigenvalue weighted by atomic mass is 9.86. The molecule has 0 radical (unpaired) electrons. The zero-order valence-corrected chi connectivity index (χ0v) is 11.6. The first-order valence-electron chi connectivity index (χ1n) is 6.91. The standard InChI is InChI=1S/C15H22F2N2/c1-10(2)11-5-7-19(8-6-11)14-4-3-12(18)9-13(14)15(16)17/h3-4,9-11,15H,5-8,18H2,1-2H3. The van der Waals surface area contributed by atoms with Gasteiger partial charge in [-0.25, -0.2) is 8.78 Å². The van der Waals surface area contributed by atoms with Gasteiger partial charge in [-0.1, -0.05) is 13.8 Å². The number of piperidine rings is 1. The minimum absolute atomic E-state index is 0.0583. The number of benzene rings is 1. The molecule has 1 aromatic rings. The SMILES string of the molecule is CC(C)C1CCN(c2ccc(N)cc2C(F)F)CC1. The van der Waals surface area contributed by atoms with Crippen molar-refractivity contribution < 1.29 is 8.78 Å². The molecule has 2 N–H and O–H groups in total. The Bertz CT molecular complexity index is 424. The summed E-state index contributed by atoms with van der Waals surface area (Å²) < 4.78 is 26.2. The van der Waals surface area contributed by atoms with Crippen LogP contribution in [0.15, 0.2) is 18.2 Å². The molecule has 0 aromatic heterocycles. The summed E-state index contributed by atoms with van der Waals surface area (Å²) in [5, 5.41) is 0. The minimum atomic E-state index is -2.47. The second kappa shape index (κ2) is 5.76. The van der Waals surface area contributed by atoms with Crippen molar-refractivity contribution in [1.82, 2.24) is 0 Å². The summed E-state index contributed by atoms with van der Waals surface area (Å²) >= 11 is 0. The van der Waals surface area contributed by atoms with Gasteiger partial charge in [-0.05, 0) is 42.9 Å². The lowest BCUT2D eigenvalue weighted by Gasteiger charge is -2.36. The van der Waals surface area contributed by atoms with Crippen molar-refractivity contribution in [3.63, 3.8) is 0 Å². The lowest BCUT2D eigenvalue weighted by molar-refractivity contribution is 0.151. The Labute approximate surface area is 113 Å². The monoisotopic (exact) mass is 268 g/mol. The third kappa shape index (κ3) is 3.17. The maximum Gasteiger partial charge on any atom is 0.265 e. The Morgan fingerprint density at radius 1 is 1.21 bits per heavy atom. The van der Waals surface area contributed by atoms with Gasteiger partial charge < -0.3 is 10.6 Å². The topological polar surface area (TPSA) is 29.3 Å². The lowest BCUT2D eigenvalue weighted by Crippen LogP contribution is -2.35. The van der Waals surface area contributed by atoms with E-state index in [1.54, 1.807) is 12.1 Å². The average Bonchev–Trinajstić information content (AvgIpc) is 2.38. The number of hydrogen-bond donors (Lipinski definition) is 1. The molecule has 0 spiro atoms. The van der Waals surface area contributed by atoms with E-state index >= 15 is 0 Å². The molecule has 106 valence electrons. The second-order valence-electron chi connectivity index (χ2n) is 5.69. The van der Waals surface area contributed by atoms with Crippen molar-refractivity contribution in [2.45, 2.75) is 33.1 Å². The Hall–Kier alpha value is -1.32. The fourth-order valence-corrected chi connectivity index (χ4v) is 2.84. The Balaban J connectivity index is 2.15. The van der Waals surface area contributed by atoms with Crippen LogP contribution in [0, 0.1) is 11.8 Å². The summed E-state index contributed by atoms with van der Waals surface area (Å²) in [6, 6.07) is 4.83. The van der Waals surface area contributed by atoms with Crippen molar-refractivity contribution in [3.05, 3.63) is 23.8 Å². The molecule has 1 aromatic carbocycles. The Morgan fingerprint density at radius 2 is 1.84 bits per heavy atom. The summed E-state index contributed by atoms with van der Waals surface area (Å²) in [6.07, 6.45) is -0.323. The molecular formula is C15H22F2N2. The van der Waals surface area contributed by atoms with Crippen LogP contribution in [0.1, 0.15) is 38.7 Å². The highest BCUT2D eigenvalue weighted by Gasteiger charge is 2.24. The zero-order chi connectivity index (χ0) is 14.0. The van der Waals surface area contributed by atoms with Crippen molar-refractivity contribution in [1.29, 1.82) is 0 Å². The third-order valence-electron chi connectivity index (χ3n) is 4.11. The summed E-state index contributed by atoms with van der Waals surface area (Å²) in [5.41, 5.74) is 6.71. The van der Waals surface area contributed by atoms with Crippen LogP contribution in [0.2, 0.25) is 0 Å². The van der Waals surface area contributed by atoms with E-state index in [1.807, 2.05) is 0 Å². The smallest absolute Gasteiger partial charge is 0.265 e. The number of nitrogen functional groups attached to an aromatic ring is 1. The van der Waals surface area contributed by atoms with Crippen molar-refractivity contribution in [2.75, 3.05) is 23.7 Å². The van der Waals surface area contributed by atoms with Crippen LogP contribution in [0.4, 0.5) is 20.2 Å². The van der Waals surface area contributed by atoms with Gasteiger partial charge in [0.25, 0.3) is 6.43 Å². The van der Waals surface area contributed by atoms with E-state index < -0.39 is 6.43 Å². The fraction of sp³-hybridized carbons (Fsp3) is 0.600. The molecule has 1 fully saturated rings. The summed E-state index contributed by atoms with van der Waals surface area (Å²) in [7, 11) is 0. The second-order valence-corrected chi connectivity index (χ2v) is 5.69. The molecule has 0 bridgehead atoms. The van der Waals surface area contributed by atoms with Gasteiger partial charge in [0, 0.05) is 30.0 Å². The fourth-order valence-electron chi connectivity index (χ4n) is 2.84. The predicted octanol–water partition coefficient (Wildman–Crippen LogP) is 4.08. The van der Waals surface area contributed by atoms with Gasteiger partial charge in [0.2, 0.25) is 0 Å². The third-order valence-corrected chi connectivity index (χ3v) is 4.11. The molecule has 19 heavy (non-hydrogen) atoms. The van der Waals surface area contributed by atoms with E-state index in [4.69, 9.17) is 5.73 Å². The molecule has 0 saturated carbocycles. The molecule has 1 heterocycles. The highest BCUT2D eigenvalue weighted by molar-refractivity contribution is 5.60. The van der Waals surface area contributed by atoms with Gasteiger partial charge in [-0.2, -0.15) is 0 Å². The van der Waals surface area contributed by atoms with Crippen molar-refractivity contribution >= 4 is 11.4 Å². The van der Waals surface area contributed by atoms with E-state index in [0.29, 0.717) is 23.2 Å². The molecular weight excluding hydrogens is 246 g/mol. The van der Waals surface area contributed by atoms with Crippen LogP contribution in [0.25, 0.3) is 0 Å². The first-order chi connectivity index (χ1) is 8.99. The first-order valence-corrected chi connectivity index (χ1v) is 6.91. The molecule has 2 nitrogen and oxygen atoms in total. The van der Waals surface area contributed by atoms with Crippen LogP contribution in [-0.2, 0) is 0 Å². The van der Waals surface area contributed by atoms with Gasteiger partial charge in [0.05, 0.1) is 0 Å². The Kier molecular flexibility index (Phi) is 4.27. The molecule has 0 amide bonds. The largest absolute Gasteiger partial charge is 0.399 e. The predicted molar refractivity (Wildman–Crippen MR) is 75.6 cm³/mol. The molecule has 0 unspecified atom stereocenters.